The van der Waals surface area contributed by atoms with Crippen LogP contribution in [0.15, 0.2) is 36.5 Å². The largest absolute Gasteiger partial charge is 0.457 e. The monoisotopic (exact) mass is 263 g/mol. The van der Waals surface area contributed by atoms with Crippen LogP contribution in [0.1, 0.15) is 11.1 Å². The maximum atomic E-state index is 8.84. The highest BCUT2D eigenvalue weighted by Crippen LogP contribution is 2.26. The normalized spacial score (nSPS) is 10.4. The molecule has 1 aromatic heterocycles. The van der Waals surface area contributed by atoms with Crippen molar-refractivity contribution in [2.24, 2.45) is 0 Å². The van der Waals surface area contributed by atoms with Crippen molar-refractivity contribution in [1.29, 1.82) is 0 Å². The number of benzene rings is 1. The lowest BCUT2D eigenvalue weighted by Gasteiger charge is -2.09. The van der Waals surface area contributed by atoms with E-state index in [1.54, 1.807) is 12.3 Å². The van der Waals surface area contributed by atoms with Gasteiger partial charge in [-0.3, -0.25) is 0 Å². The topological polar surface area (TPSA) is 42.4 Å². The average molecular weight is 264 g/mol. The number of hydrogen-bond donors (Lipinski definition) is 1. The second-order valence-corrected chi connectivity index (χ2v) is 4.38. The number of aryl methyl sites for hydroxylation is 1. The minimum Gasteiger partial charge on any atom is -0.457 e. The number of rotatable bonds is 4. The summed E-state index contributed by atoms with van der Waals surface area (Å²) in [5.41, 5.74) is 2.01. The number of nitrogens with zero attached hydrogens (tertiary/aromatic N) is 1. The van der Waals surface area contributed by atoms with Crippen LogP contribution in [0.25, 0.3) is 0 Å². The minimum atomic E-state index is 0.152. The molecular weight excluding hydrogens is 250 g/mol. The van der Waals surface area contributed by atoms with E-state index < -0.39 is 0 Å². The molecule has 94 valence electrons. The number of ether oxygens (including phenoxy) is 1. The molecule has 2 aromatic rings. The maximum Gasteiger partial charge on any atom is 0.134 e. The summed E-state index contributed by atoms with van der Waals surface area (Å²) in [6.07, 6.45) is 2.33. The molecule has 0 amide bonds. The van der Waals surface area contributed by atoms with Crippen LogP contribution < -0.4 is 4.74 Å². The van der Waals surface area contributed by atoms with E-state index in [0.29, 0.717) is 17.3 Å². The molecule has 1 aromatic carbocycles. The molecule has 18 heavy (non-hydrogen) atoms. The third-order valence-corrected chi connectivity index (χ3v) is 2.78. The smallest absolute Gasteiger partial charge is 0.134 e. The number of aliphatic hydroxyl groups excluding tert-OH is 1. The lowest BCUT2D eigenvalue weighted by molar-refractivity contribution is 0.299. The Morgan fingerprint density at radius 1 is 1.28 bits per heavy atom. The summed E-state index contributed by atoms with van der Waals surface area (Å²) in [6.45, 7) is 2.07. The van der Waals surface area contributed by atoms with Crippen LogP contribution in [0.4, 0.5) is 0 Å². The number of hydrogen-bond acceptors (Lipinski definition) is 3. The highest BCUT2D eigenvalue weighted by Gasteiger charge is 2.03. The zero-order valence-corrected chi connectivity index (χ0v) is 10.8. The summed E-state index contributed by atoms with van der Waals surface area (Å²) in [5.74, 6) is 1.44. The Morgan fingerprint density at radius 2 is 2.00 bits per heavy atom. The van der Waals surface area contributed by atoms with Crippen molar-refractivity contribution in [1.82, 2.24) is 4.98 Å². The van der Waals surface area contributed by atoms with E-state index in [1.165, 1.54) is 0 Å². The fourth-order valence-corrected chi connectivity index (χ4v) is 1.72. The Morgan fingerprint density at radius 3 is 2.67 bits per heavy atom. The Hall–Kier alpha value is -1.58. The zero-order chi connectivity index (χ0) is 13.0. The van der Waals surface area contributed by atoms with Gasteiger partial charge in [0.2, 0.25) is 0 Å². The standard InChI is InChI=1S/C14H14ClNO2/c1-10-9-16-14(15)8-13(10)18-12-4-2-11(3-5-12)6-7-17/h2-5,8-9,17H,6-7H2,1H3. The van der Waals surface area contributed by atoms with E-state index in [4.69, 9.17) is 21.4 Å². The molecular formula is C14H14ClNO2. The molecule has 2 rings (SSSR count). The number of aromatic nitrogens is 1. The van der Waals surface area contributed by atoms with E-state index in [2.05, 4.69) is 4.98 Å². The molecule has 1 N–H and O–H groups in total. The van der Waals surface area contributed by atoms with Crippen LogP contribution in [0.2, 0.25) is 5.15 Å². The van der Waals surface area contributed by atoms with Gasteiger partial charge in [-0.15, -0.1) is 0 Å². The summed E-state index contributed by atoms with van der Waals surface area (Å²) in [4.78, 5) is 3.98. The summed E-state index contributed by atoms with van der Waals surface area (Å²) in [5, 5.41) is 9.25. The highest BCUT2D eigenvalue weighted by molar-refractivity contribution is 6.29. The van der Waals surface area contributed by atoms with Crippen molar-refractivity contribution < 1.29 is 9.84 Å². The van der Waals surface area contributed by atoms with Gasteiger partial charge in [-0.2, -0.15) is 0 Å². The first kappa shape index (κ1) is 12.9. The highest BCUT2D eigenvalue weighted by atomic mass is 35.5. The number of aliphatic hydroxyl groups is 1. The summed E-state index contributed by atoms with van der Waals surface area (Å²) in [6, 6.07) is 9.31. The number of pyridine rings is 1. The van der Waals surface area contributed by atoms with Gasteiger partial charge in [-0.05, 0) is 31.0 Å². The lowest BCUT2D eigenvalue weighted by atomic mass is 10.1. The Bertz CT molecular complexity index is 526. The first-order chi connectivity index (χ1) is 8.69. The van der Waals surface area contributed by atoms with E-state index in [1.807, 2.05) is 31.2 Å². The van der Waals surface area contributed by atoms with E-state index in [-0.39, 0.29) is 6.61 Å². The molecule has 0 radical (unpaired) electrons. The SMILES string of the molecule is Cc1cnc(Cl)cc1Oc1ccc(CCO)cc1. The Kier molecular flexibility index (Phi) is 4.18. The predicted octanol–water partition coefficient (Wildman–Crippen LogP) is 3.37. The van der Waals surface area contributed by atoms with Crippen molar-refractivity contribution in [3.05, 3.63) is 52.8 Å². The molecule has 0 fully saturated rings. The molecule has 0 saturated carbocycles. The van der Waals surface area contributed by atoms with Crippen LogP contribution in [0, 0.1) is 6.92 Å². The van der Waals surface area contributed by atoms with Crippen LogP contribution in [-0.4, -0.2) is 16.7 Å². The van der Waals surface area contributed by atoms with Gasteiger partial charge in [0, 0.05) is 24.4 Å². The van der Waals surface area contributed by atoms with Crippen LogP contribution in [-0.2, 0) is 6.42 Å². The van der Waals surface area contributed by atoms with Gasteiger partial charge in [-0.1, -0.05) is 23.7 Å². The first-order valence-electron chi connectivity index (χ1n) is 5.69. The van der Waals surface area contributed by atoms with Gasteiger partial charge in [0.1, 0.15) is 16.7 Å². The van der Waals surface area contributed by atoms with E-state index in [9.17, 15) is 0 Å². The molecule has 3 nitrogen and oxygen atoms in total. The summed E-state index contributed by atoms with van der Waals surface area (Å²) in [7, 11) is 0. The second kappa shape index (κ2) is 5.85. The molecule has 0 atom stereocenters. The third-order valence-electron chi connectivity index (χ3n) is 2.57. The quantitative estimate of drug-likeness (QED) is 0.860. The van der Waals surface area contributed by atoms with Crippen LogP contribution in [0.5, 0.6) is 11.5 Å². The zero-order valence-electron chi connectivity index (χ0n) is 10.1. The van der Waals surface area contributed by atoms with Crippen molar-refractivity contribution in [3.8, 4) is 11.5 Å². The molecule has 0 bridgehead atoms. The van der Waals surface area contributed by atoms with Crippen LogP contribution >= 0.6 is 11.6 Å². The fraction of sp³-hybridized carbons (Fsp3) is 0.214. The Balaban J connectivity index is 2.15. The Labute approximate surface area is 111 Å². The van der Waals surface area contributed by atoms with Gasteiger partial charge in [0.05, 0.1) is 0 Å². The maximum absolute atomic E-state index is 8.84. The van der Waals surface area contributed by atoms with Gasteiger partial charge in [-0.25, -0.2) is 4.98 Å². The molecule has 0 saturated heterocycles. The van der Waals surface area contributed by atoms with E-state index in [0.717, 1.165) is 16.9 Å². The molecule has 0 unspecified atom stereocenters. The molecule has 1 heterocycles. The average Bonchev–Trinajstić information content (AvgIpc) is 2.37. The van der Waals surface area contributed by atoms with Gasteiger partial charge < -0.3 is 9.84 Å². The third kappa shape index (κ3) is 3.22. The molecule has 0 aliphatic rings. The predicted molar refractivity (Wildman–Crippen MR) is 71.3 cm³/mol. The lowest BCUT2D eigenvalue weighted by Crippen LogP contribution is -1.92. The van der Waals surface area contributed by atoms with Gasteiger partial charge in [0.25, 0.3) is 0 Å². The van der Waals surface area contributed by atoms with Gasteiger partial charge in [0.15, 0.2) is 0 Å². The second-order valence-electron chi connectivity index (χ2n) is 3.99. The van der Waals surface area contributed by atoms with Crippen molar-refractivity contribution in [2.75, 3.05) is 6.61 Å². The molecule has 0 aliphatic heterocycles. The van der Waals surface area contributed by atoms with Gasteiger partial charge >= 0.3 is 0 Å². The molecule has 0 aliphatic carbocycles. The fourth-order valence-electron chi connectivity index (χ4n) is 1.57. The summed E-state index contributed by atoms with van der Waals surface area (Å²) >= 11 is 5.83. The number of halogens is 1. The van der Waals surface area contributed by atoms with Crippen molar-refractivity contribution in [2.45, 2.75) is 13.3 Å². The van der Waals surface area contributed by atoms with Crippen LogP contribution in [0.3, 0.4) is 0 Å². The van der Waals surface area contributed by atoms with Crippen molar-refractivity contribution in [3.63, 3.8) is 0 Å². The van der Waals surface area contributed by atoms with E-state index >= 15 is 0 Å². The first-order valence-corrected chi connectivity index (χ1v) is 6.06. The summed E-state index contributed by atoms with van der Waals surface area (Å²) < 4.78 is 5.74. The molecule has 4 heteroatoms. The minimum absolute atomic E-state index is 0.152. The van der Waals surface area contributed by atoms with Crippen molar-refractivity contribution >= 4 is 11.6 Å². The molecule has 0 spiro atoms.